The van der Waals surface area contributed by atoms with Crippen molar-refractivity contribution in [2.45, 2.75) is 6.92 Å². The van der Waals surface area contributed by atoms with E-state index in [1.54, 1.807) is 12.1 Å². The van der Waals surface area contributed by atoms with Gasteiger partial charge in [0.15, 0.2) is 6.20 Å². The summed E-state index contributed by atoms with van der Waals surface area (Å²) in [6.45, 7) is 5.41. The third-order valence-corrected chi connectivity index (χ3v) is 1.40. The molecule has 0 radical (unpaired) electrons. The molecule has 0 aliphatic carbocycles. The van der Waals surface area contributed by atoms with Crippen molar-refractivity contribution < 1.29 is 4.73 Å². The standard InChI is InChI=1S/C8H9NO/c1-3-8-7(2)5-4-6-9(8)10/h3-6H,1H2,2H3. The summed E-state index contributed by atoms with van der Waals surface area (Å²) < 4.78 is 0.808. The van der Waals surface area contributed by atoms with Crippen LogP contribution in [0.4, 0.5) is 0 Å². The largest absolute Gasteiger partial charge is 0.618 e. The van der Waals surface area contributed by atoms with Gasteiger partial charge in [0.1, 0.15) is 0 Å². The van der Waals surface area contributed by atoms with Gasteiger partial charge in [0.25, 0.3) is 0 Å². The van der Waals surface area contributed by atoms with Crippen LogP contribution in [0.2, 0.25) is 0 Å². The van der Waals surface area contributed by atoms with E-state index >= 15 is 0 Å². The highest BCUT2D eigenvalue weighted by Gasteiger charge is 2.01. The molecule has 0 saturated heterocycles. The fraction of sp³-hybridized carbons (Fsp3) is 0.125. The number of hydrogen-bond acceptors (Lipinski definition) is 1. The minimum absolute atomic E-state index is 0.627. The van der Waals surface area contributed by atoms with Gasteiger partial charge in [0, 0.05) is 17.7 Å². The van der Waals surface area contributed by atoms with E-state index in [0.29, 0.717) is 5.69 Å². The van der Waals surface area contributed by atoms with Gasteiger partial charge in [-0.2, -0.15) is 4.73 Å². The number of rotatable bonds is 1. The molecule has 10 heavy (non-hydrogen) atoms. The third-order valence-electron chi connectivity index (χ3n) is 1.40. The van der Waals surface area contributed by atoms with Crippen LogP contribution in [0.25, 0.3) is 6.08 Å². The van der Waals surface area contributed by atoms with Crippen LogP contribution in [0.15, 0.2) is 24.9 Å². The van der Waals surface area contributed by atoms with E-state index < -0.39 is 0 Å². The van der Waals surface area contributed by atoms with Gasteiger partial charge in [-0.3, -0.25) is 0 Å². The Morgan fingerprint density at radius 1 is 1.70 bits per heavy atom. The lowest BCUT2D eigenvalue weighted by molar-refractivity contribution is -0.607. The van der Waals surface area contributed by atoms with E-state index in [1.165, 1.54) is 6.20 Å². The van der Waals surface area contributed by atoms with Crippen LogP contribution in [-0.2, 0) is 0 Å². The molecule has 0 aromatic carbocycles. The second-order valence-electron chi connectivity index (χ2n) is 2.11. The van der Waals surface area contributed by atoms with Crippen LogP contribution < -0.4 is 4.73 Å². The van der Waals surface area contributed by atoms with Crippen LogP contribution in [0.5, 0.6) is 0 Å². The molecule has 2 nitrogen and oxygen atoms in total. The van der Waals surface area contributed by atoms with E-state index in [0.717, 1.165) is 10.3 Å². The summed E-state index contributed by atoms with van der Waals surface area (Å²) in [5.41, 5.74) is 1.58. The van der Waals surface area contributed by atoms with E-state index in [1.807, 2.05) is 13.0 Å². The van der Waals surface area contributed by atoms with E-state index in [2.05, 4.69) is 6.58 Å². The first-order chi connectivity index (χ1) is 4.75. The summed E-state index contributed by atoms with van der Waals surface area (Å²) in [6, 6.07) is 3.60. The van der Waals surface area contributed by atoms with Crippen LogP contribution in [-0.4, -0.2) is 0 Å². The number of pyridine rings is 1. The highest BCUT2D eigenvalue weighted by atomic mass is 16.5. The summed E-state index contributed by atoms with van der Waals surface area (Å²) in [5.74, 6) is 0. The molecule has 0 amide bonds. The van der Waals surface area contributed by atoms with Gasteiger partial charge in [-0.15, -0.1) is 0 Å². The Hall–Kier alpha value is -1.31. The molecule has 0 N–H and O–H groups in total. The van der Waals surface area contributed by atoms with Crippen molar-refractivity contribution in [2.75, 3.05) is 0 Å². The summed E-state index contributed by atoms with van der Waals surface area (Å²) in [4.78, 5) is 0. The highest BCUT2D eigenvalue weighted by molar-refractivity contribution is 5.42. The number of hydrogen-bond donors (Lipinski definition) is 0. The molecule has 1 rings (SSSR count). The quantitative estimate of drug-likeness (QED) is 0.421. The molecular weight excluding hydrogens is 126 g/mol. The Bertz CT molecular complexity index is 235. The Morgan fingerprint density at radius 2 is 2.40 bits per heavy atom. The highest BCUT2D eigenvalue weighted by Crippen LogP contribution is 2.00. The normalized spacial score (nSPS) is 9.30. The van der Waals surface area contributed by atoms with Gasteiger partial charge in [-0.25, -0.2) is 0 Å². The molecule has 0 aliphatic heterocycles. The second-order valence-corrected chi connectivity index (χ2v) is 2.11. The molecular formula is C8H9NO. The second kappa shape index (κ2) is 2.52. The first kappa shape index (κ1) is 6.81. The Kier molecular flexibility index (Phi) is 1.71. The van der Waals surface area contributed by atoms with Gasteiger partial charge < -0.3 is 5.21 Å². The zero-order valence-electron chi connectivity index (χ0n) is 5.87. The lowest BCUT2D eigenvalue weighted by Crippen LogP contribution is -2.29. The maximum Gasteiger partial charge on any atom is 0.218 e. The van der Waals surface area contributed by atoms with Crippen LogP contribution >= 0.6 is 0 Å². The monoisotopic (exact) mass is 135 g/mol. The number of aryl methyl sites for hydroxylation is 1. The van der Waals surface area contributed by atoms with Gasteiger partial charge in [0.05, 0.1) is 0 Å². The minimum Gasteiger partial charge on any atom is -0.618 e. The number of nitrogens with zero attached hydrogens (tertiary/aromatic N) is 1. The fourth-order valence-corrected chi connectivity index (χ4v) is 0.856. The molecule has 1 aromatic rings. The smallest absolute Gasteiger partial charge is 0.218 e. The third kappa shape index (κ3) is 1.00. The molecule has 52 valence electrons. The summed E-state index contributed by atoms with van der Waals surface area (Å²) in [6.07, 6.45) is 3.02. The lowest BCUT2D eigenvalue weighted by atomic mass is 10.2. The molecule has 0 saturated carbocycles. The molecule has 0 aliphatic rings. The van der Waals surface area contributed by atoms with Gasteiger partial charge in [-0.05, 0) is 13.0 Å². The Labute approximate surface area is 60.0 Å². The van der Waals surface area contributed by atoms with Crippen LogP contribution in [0.3, 0.4) is 0 Å². The van der Waals surface area contributed by atoms with Crippen molar-refractivity contribution >= 4 is 6.08 Å². The summed E-state index contributed by atoms with van der Waals surface area (Å²) in [5, 5.41) is 10.9. The van der Waals surface area contributed by atoms with Crippen molar-refractivity contribution in [3.05, 3.63) is 41.4 Å². The summed E-state index contributed by atoms with van der Waals surface area (Å²) >= 11 is 0. The van der Waals surface area contributed by atoms with Gasteiger partial charge in [-0.1, -0.05) is 6.58 Å². The topological polar surface area (TPSA) is 26.9 Å². The average molecular weight is 135 g/mol. The maximum atomic E-state index is 10.9. The fourth-order valence-electron chi connectivity index (χ4n) is 0.856. The SMILES string of the molecule is C=Cc1c(C)ccc[n+]1[O-]. The minimum atomic E-state index is 0.627. The molecule has 0 spiro atoms. The van der Waals surface area contributed by atoms with Crippen LogP contribution in [0, 0.1) is 12.1 Å². The maximum absolute atomic E-state index is 10.9. The van der Waals surface area contributed by atoms with Crippen molar-refractivity contribution in [1.82, 2.24) is 0 Å². The number of aromatic nitrogens is 1. The molecule has 0 bridgehead atoms. The van der Waals surface area contributed by atoms with Crippen molar-refractivity contribution in [3.63, 3.8) is 0 Å². The first-order valence-electron chi connectivity index (χ1n) is 3.07. The van der Waals surface area contributed by atoms with Crippen LogP contribution in [0.1, 0.15) is 11.3 Å². The Balaban J connectivity index is 3.30. The van der Waals surface area contributed by atoms with Crippen molar-refractivity contribution in [3.8, 4) is 0 Å². The van der Waals surface area contributed by atoms with Crippen molar-refractivity contribution in [1.29, 1.82) is 0 Å². The van der Waals surface area contributed by atoms with E-state index in [-0.39, 0.29) is 0 Å². The first-order valence-corrected chi connectivity index (χ1v) is 3.07. The van der Waals surface area contributed by atoms with Gasteiger partial charge in [0.2, 0.25) is 5.69 Å². The molecule has 1 heterocycles. The van der Waals surface area contributed by atoms with E-state index in [4.69, 9.17) is 0 Å². The molecule has 0 fully saturated rings. The molecule has 0 atom stereocenters. The lowest BCUT2D eigenvalue weighted by Gasteiger charge is -2.00. The predicted octanol–water partition coefficient (Wildman–Crippen LogP) is 1.27. The molecule has 1 aromatic heterocycles. The average Bonchev–Trinajstić information content (AvgIpc) is 1.88. The summed E-state index contributed by atoms with van der Waals surface area (Å²) in [7, 11) is 0. The Morgan fingerprint density at radius 3 is 2.80 bits per heavy atom. The van der Waals surface area contributed by atoms with E-state index in [9.17, 15) is 5.21 Å². The van der Waals surface area contributed by atoms with Crippen molar-refractivity contribution in [2.24, 2.45) is 0 Å². The molecule has 0 unspecified atom stereocenters. The molecule has 2 heteroatoms. The zero-order chi connectivity index (χ0) is 7.56. The predicted molar refractivity (Wildman–Crippen MR) is 40.2 cm³/mol. The zero-order valence-corrected chi connectivity index (χ0v) is 5.87. The van der Waals surface area contributed by atoms with Gasteiger partial charge >= 0.3 is 0 Å².